The number of rotatable bonds is 6. The molecule has 1 saturated heterocycles. The molecular weight excluding hydrogens is 479 g/mol. The van der Waals surface area contributed by atoms with Gasteiger partial charge in [-0.2, -0.15) is 24.1 Å². The van der Waals surface area contributed by atoms with E-state index < -0.39 is 31.3 Å². The molecule has 1 fully saturated rings. The van der Waals surface area contributed by atoms with Gasteiger partial charge in [0, 0.05) is 30.4 Å². The largest absolute Gasteiger partial charge is 0.383 e. The van der Waals surface area contributed by atoms with Crippen molar-refractivity contribution < 1.29 is 17.7 Å². The fourth-order valence-electron chi connectivity index (χ4n) is 3.66. The fraction of sp³-hybridized carbons (Fsp3) is 0.174. The fourth-order valence-corrected chi connectivity index (χ4v) is 5.25. The van der Waals surface area contributed by atoms with Crippen molar-refractivity contribution in [3.8, 4) is 0 Å². The lowest BCUT2D eigenvalue weighted by Gasteiger charge is -2.30. The lowest BCUT2D eigenvalue weighted by molar-refractivity contribution is -0.387. The van der Waals surface area contributed by atoms with Crippen molar-refractivity contribution >= 4 is 44.6 Å². The van der Waals surface area contributed by atoms with Crippen LogP contribution >= 0.6 is 11.3 Å². The molecule has 0 bridgehead atoms. The Balaban J connectivity index is 1.46. The van der Waals surface area contributed by atoms with Crippen molar-refractivity contribution in [2.24, 2.45) is 10.1 Å². The number of hydrogen-bond acceptors (Lipinski definition) is 6. The molecule has 1 aliphatic heterocycles. The molecule has 0 amide bonds. The summed E-state index contributed by atoms with van der Waals surface area (Å²) in [5, 5.41) is 15.1. The van der Waals surface area contributed by atoms with Crippen LogP contribution in [0.4, 0.5) is 15.8 Å². The SMILES string of the molecule is N/C(=N/S(=O)(=O)c1ccc(F)c([N+](=O)[O-])c1)c1ccc(N2CCC(=Cc3ccsc3)CC2)cc1. The van der Waals surface area contributed by atoms with Gasteiger partial charge in [0.15, 0.2) is 0 Å². The average Bonchev–Trinajstić information content (AvgIpc) is 3.32. The van der Waals surface area contributed by atoms with Gasteiger partial charge in [-0.25, -0.2) is 0 Å². The van der Waals surface area contributed by atoms with Crippen LogP contribution in [0.25, 0.3) is 6.08 Å². The van der Waals surface area contributed by atoms with Crippen molar-refractivity contribution in [3.63, 3.8) is 0 Å². The Morgan fingerprint density at radius 1 is 1.15 bits per heavy atom. The van der Waals surface area contributed by atoms with E-state index in [-0.39, 0.29) is 5.84 Å². The number of hydrogen-bond donors (Lipinski definition) is 1. The summed E-state index contributed by atoms with van der Waals surface area (Å²) in [6, 6.07) is 11.4. The Kier molecular flexibility index (Phi) is 6.75. The van der Waals surface area contributed by atoms with Crippen LogP contribution in [0.2, 0.25) is 0 Å². The number of halogens is 1. The molecule has 0 atom stereocenters. The van der Waals surface area contributed by atoms with Gasteiger partial charge in [-0.1, -0.05) is 11.6 Å². The molecule has 4 rings (SSSR count). The lowest BCUT2D eigenvalue weighted by atomic mass is 10.0. The highest BCUT2D eigenvalue weighted by Crippen LogP contribution is 2.26. The lowest BCUT2D eigenvalue weighted by Crippen LogP contribution is -2.30. The van der Waals surface area contributed by atoms with E-state index in [1.54, 1.807) is 23.5 Å². The third-order valence-corrected chi connectivity index (χ3v) is 7.47. The molecule has 0 aliphatic carbocycles. The van der Waals surface area contributed by atoms with Crippen molar-refractivity contribution in [2.45, 2.75) is 17.7 Å². The molecule has 8 nitrogen and oxygen atoms in total. The topological polar surface area (TPSA) is 119 Å². The Bertz CT molecular complexity index is 1360. The number of nitro groups is 1. The molecule has 2 aromatic carbocycles. The van der Waals surface area contributed by atoms with E-state index in [1.807, 2.05) is 12.1 Å². The molecule has 1 aliphatic rings. The van der Waals surface area contributed by atoms with Crippen LogP contribution in [0.5, 0.6) is 0 Å². The molecular formula is C23H21FN4O4S2. The molecule has 2 N–H and O–H groups in total. The maximum atomic E-state index is 13.5. The van der Waals surface area contributed by atoms with E-state index in [1.165, 1.54) is 11.1 Å². The summed E-state index contributed by atoms with van der Waals surface area (Å²) in [5.74, 6) is -1.40. The molecule has 2 heterocycles. The van der Waals surface area contributed by atoms with Crippen molar-refractivity contribution in [2.75, 3.05) is 18.0 Å². The monoisotopic (exact) mass is 500 g/mol. The van der Waals surface area contributed by atoms with E-state index in [4.69, 9.17) is 5.73 Å². The zero-order valence-electron chi connectivity index (χ0n) is 17.9. The first-order valence-corrected chi connectivity index (χ1v) is 12.7. The zero-order valence-corrected chi connectivity index (χ0v) is 19.6. The molecule has 0 radical (unpaired) electrons. The van der Waals surface area contributed by atoms with Crippen LogP contribution < -0.4 is 10.6 Å². The molecule has 0 saturated carbocycles. The van der Waals surface area contributed by atoms with Crippen LogP contribution in [-0.4, -0.2) is 32.3 Å². The van der Waals surface area contributed by atoms with Gasteiger partial charge in [0.25, 0.3) is 10.0 Å². The summed E-state index contributed by atoms with van der Waals surface area (Å²) < 4.78 is 42.2. The standard InChI is InChI=1S/C23H21FN4O4S2/c24-21-6-5-20(14-22(21)28(29)30)34(31,32)26-23(25)18-1-3-19(4-2-18)27-10-7-16(8-11-27)13-17-9-12-33-15-17/h1-6,9,12-15H,7-8,10-11H2,(H2,25,26). The summed E-state index contributed by atoms with van der Waals surface area (Å²) in [5.41, 5.74) is 8.97. The maximum Gasteiger partial charge on any atom is 0.306 e. The van der Waals surface area contributed by atoms with Gasteiger partial charge >= 0.3 is 5.69 Å². The molecule has 0 spiro atoms. The highest BCUT2D eigenvalue weighted by Gasteiger charge is 2.22. The van der Waals surface area contributed by atoms with Gasteiger partial charge in [0.2, 0.25) is 5.82 Å². The minimum atomic E-state index is -4.36. The van der Waals surface area contributed by atoms with Crippen LogP contribution in [0, 0.1) is 15.9 Å². The zero-order chi connectivity index (χ0) is 24.3. The number of nitrogens with two attached hydrogens (primary N) is 1. The summed E-state index contributed by atoms with van der Waals surface area (Å²) in [6.07, 6.45) is 4.16. The van der Waals surface area contributed by atoms with E-state index >= 15 is 0 Å². The molecule has 11 heteroatoms. The van der Waals surface area contributed by atoms with Gasteiger partial charge < -0.3 is 10.6 Å². The first-order chi connectivity index (χ1) is 16.2. The number of nitro benzene ring substituents is 1. The maximum absolute atomic E-state index is 13.5. The average molecular weight is 501 g/mol. The molecule has 0 unspecified atom stereocenters. The minimum absolute atomic E-state index is 0.266. The van der Waals surface area contributed by atoms with Crippen LogP contribution in [-0.2, 0) is 10.0 Å². The van der Waals surface area contributed by atoms with Crippen LogP contribution in [0.1, 0.15) is 24.0 Å². The summed E-state index contributed by atoms with van der Waals surface area (Å²) in [4.78, 5) is 11.6. The Hall–Kier alpha value is -3.57. The van der Waals surface area contributed by atoms with Crippen molar-refractivity contribution in [1.82, 2.24) is 0 Å². The molecule has 34 heavy (non-hydrogen) atoms. The Morgan fingerprint density at radius 3 is 2.47 bits per heavy atom. The third-order valence-electron chi connectivity index (χ3n) is 5.48. The normalized spacial score (nSPS) is 14.8. The number of anilines is 1. The highest BCUT2D eigenvalue weighted by atomic mass is 32.2. The second-order valence-corrected chi connectivity index (χ2v) is 10.1. The number of amidine groups is 1. The minimum Gasteiger partial charge on any atom is -0.383 e. The number of benzene rings is 2. The Morgan fingerprint density at radius 2 is 1.85 bits per heavy atom. The van der Waals surface area contributed by atoms with Gasteiger partial charge in [-0.05, 0) is 71.6 Å². The molecule has 1 aromatic heterocycles. The van der Waals surface area contributed by atoms with E-state index in [0.717, 1.165) is 37.7 Å². The highest BCUT2D eigenvalue weighted by molar-refractivity contribution is 7.90. The predicted molar refractivity (Wildman–Crippen MR) is 131 cm³/mol. The van der Waals surface area contributed by atoms with Gasteiger partial charge in [-0.15, -0.1) is 4.40 Å². The number of nitrogens with zero attached hydrogens (tertiary/aromatic N) is 3. The first-order valence-electron chi connectivity index (χ1n) is 10.3. The first kappa shape index (κ1) is 23.6. The second-order valence-electron chi connectivity index (χ2n) is 7.72. The molecule has 3 aromatic rings. The van der Waals surface area contributed by atoms with Gasteiger partial charge in [0.05, 0.1) is 9.82 Å². The molecule has 176 valence electrons. The van der Waals surface area contributed by atoms with Crippen molar-refractivity contribution in [3.05, 3.63) is 91.9 Å². The van der Waals surface area contributed by atoms with Gasteiger partial charge in [0.1, 0.15) is 5.84 Å². The smallest absolute Gasteiger partial charge is 0.306 e. The summed E-state index contributed by atoms with van der Waals surface area (Å²) in [7, 11) is -4.36. The number of piperidine rings is 1. The predicted octanol–water partition coefficient (Wildman–Crippen LogP) is 4.57. The summed E-state index contributed by atoms with van der Waals surface area (Å²) in [6.45, 7) is 1.74. The van der Waals surface area contributed by atoms with Crippen molar-refractivity contribution in [1.29, 1.82) is 0 Å². The van der Waals surface area contributed by atoms with Crippen LogP contribution in [0.3, 0.4) is 0 Å². The van der Waals surface area contributed by atoms with E-state index in [0.29, 0.717) is 17.7 Å². The third kappa shape index (κ3) is 5.32. The van der Waals surface area contributed by atoms with E-state index in [2.05, 4.69) is 32.2 Å². The summed E-state index contributed by atoms with van der Waals surface area (Å²) >= 11 is 1.68. The van der Waals surface area contributed by atoms with Gasteiger partial charge in [-0.3, -0.25) is 10.1 Å². The quantitative estimate of drug-likeness (QED) is 0.229. The second kappa shape index (κ2) is 9.74. The number of sulfonamides is 1. The van der Waals surface area contributed by atoms with Crippen LogP contribution in [0.15, 0.2) is 74.2 Å². The Labute approximate surface area is 200 Å². The van der Waals surface area contributed by atoms with E-state index in [9.17, 15) is 22.9 Å². The number of thiophene rings is 1.